The molecule has 5 heterocycles. The van der Waals surface area contributed by atoms with E-state index >= 15 is 0 Å². The second-order valence-corrected chi connectivity index (χ2v) is 9.48. The third kappa shape index (κ3) is 5.09. The zero-order valence-electron chi connectivity index (χ0n) is 22.7. The highest BCUT2D eigenvalue weighted by molar-refractivity contribution is 5.84. The van der Waals surface area contributed by atoms with Crippen LogP contribution in [0.15, 0.2) is 49.2 Å². The van der Waals surface area contributed by atoms with Gasteiger partial charge < -0.3 is 14.6 Å². The predicted octanol–water partition coefficient (Wildman–Crippen LogP) is 5.35. The highest BCUT2D eigenvalue weighted by atomic mass is 16.5. The van der Waals surface area contributed by atoms with Crippen LogP contribution in [0.4, 0.5) is 5.95 Å². The predicted molar refractivity (Wildman–Crippen MR) is 150 cm³/mol. The van der Waals surface area contributed by atoms with Crippen LogP contribution >= 0.6 is 0 Å². The summed E-state index contributed by atoms with van der Waals surface area (Å²) in [6, 6.07) is 6.32. The second kappa shape index (κ2) is 11.0. The van der Waals surface area contributed by atoms with Crippen LogP contribution in [-0.4, -0.2) is 54.9 Å². The molecular formula is C29H34N8O. The maximum Gasteiger partial charge on any atom is 0.228 e. The number of rotatable bonds is 10. The molecule has 9 nitrogen and oxygen atoms in total. The Bertz CT molecular complexity index is 1550. The molecule has 0 saturated heterocycles. The van der Waals surface area contributed by atoms with Gasteiger partial charge in [-0.2, -0.15) is 10.1 Å². The molecule has 38 heavy (non-hydrogen) atoms. The van der Waals surface area contributed by atoms with Crippen molar-refractivity contribution in [3.05, 3.63) is 66.0 Å². The summed E-state index contributed by atoms with van der Waals surface area (Å²) in [5.74, 6) is 1.23. The number of aromatic nitrogens is 7. The van der Waals surface area contributed by atoms with Crippen molar-refractivity contribution in [3.63, 3.8) is 0 Å². The number of pyridine rings is 2. The van der Waals surface area contributed by atoms with Crippen molar-refractivity contribution in [2.24, 2.45) is 7.05 Å². The minimum atomic E-state index is 0.537. The number of nitrogens with one attached hydrogen (secondary N) is 1. The Hall–Kier alpha value is -4.27. The fraction of sp³-hybridized carbons (Fsp3) is 0.345. The van der Waals surface area contributed by atoms with E-state index in [1.165, 1.54) is 5.56 Å². The van der Waals surface area contributed by atoms with Gasteiger partial charge >= 0.3 is 0 Å². The Labute approximate surface area is 223 Å². The average molecular weight is 511 g/mol. The lowest BCUT2D eigenvalue weighted by Crippen LogP contribution is -2.26. The van der Waals surface area contributed by atoms with E-state index in [1.807, 2.05) is 51.0 Å². The molecule has 0 aliphatic carbocycles. The van der Waals surface area contributed by atoms with E-state index in [9.17, 15) is 0 Å². The number of hydrogen-bond acceptors (Lipinski definition) is 7. The van der Waals surface area contributed by atoms with E-state index in [-0.39, 0.29) is 0 Å². The van der Waals surface area contributed by atoms with Crippen LogP contribution in [0, 0.1) is 6.92 Å². The second-order valence-electron chi connectivity index (χ2n) is 9.48. The summed E-state index contributed by atoms with van der Waals surface area (Å²) in [4.78, 5) is 24.4. The summed E-state index contributed by atoms with van der Waals surface area (Å²) in [6.45, 7) is 8.12. The molecule has 0 aliphatic rings. The van der Waals surface area contributed by atoms with Crippen molar-refractivity contribution in [1.29, 1.82) is 0 Å². The zero-order valence-corrected chi connectivity index (χ0v) is 22.7. The first kappa shape index (κ1) is 25.4. The Balaban J connectivity index is 1.41. The largest absolute Gasteiger partial charge is 0.480 e. The summed E-state index contributed by atoms with van der Waals surface area (Å²) in [5.41, 5.74) is 7.83. The normalized spacial score (nSPS) is 11.3. The summed E-state index contributed by atoms with van der Waals surface area (Å²) < 4.78 is 7.46. The van der Waals surface area contributed by atoms with Crippen molar-refractivity contribution in [2.75, 3.05) is 25.1 Å². The Morgan fingerprint density at radius 2 is 1.89 bits per heavy atom. The summed E-state index contributed by atoms with van der Waals surface area (Å²) >= 11 is 0. The molecule has 0 bridgehead atoms. The Morgan fingerprint density at radius 3 is 2.61 bits per heavy atom. The molecule has 5 aromatic rings. The lowest BCUT2D eigenvalue weighted by Gasteiger charge is -2.21. The van der Waals surface area contributed by atoms with Gasteiger partial charge in [0.2, 0.25) is 11.8 Å². The van der Waals surface area contributed by atoms with Crippen LogP contribution < -0.4 is 9.64 Å². The molecule has 5 aromatic heterocycles. The van der Waals surface area contributed by atoms with Gasteiger partial charge in [-0.05, 0) is 43.5 Å². The van der Waals surface area contributed by atoms with Crippen molar-refractivity contribution < 1.29 is 4.74 Å². The molecule has 0 radical (unpaired) electrons. The number of unbranched alkanes of at least 4 members (excludes halogenated alkanes) is 1. The third-order valence-electron chi connectivity index (χ3n) is 6.89. The van der Waals surface area contributed by atoms with Gasteiger partial charge in [0.25, 0.3) is 0 Å². The fourth-order valence-corrected chi connectivity index (χ4v) is 4.65. The maximum absolute atomic E-state index is 5.66. The van der Waals surface area contributed by atoms with Gasteiger partial charge in [0.05, 0.1) is 24.6 Å². The van der Waals surface area contributed by atoms with E-state index in [0.29, 0.717) is 11.8 Å². The van der Waals surface area contributed by atoms with E-state index in [2.05, 4.69) is 50.9 Å². The van der Waals surface area contributed by atoms with E-state index in [0.717, 1.165) is 77.0 Å². The number of aryl methyl sites for hydroxylation is 2. The SMILES string of the molecule is CCCCN(CC)c1ncc(-c2ccc(Cc3c[nH]c4ncc(-c5cnn(C)c5)cc34)c(C)n2)c(OC)n1. The lowest BCUT2D eigenvalue weighted by atomic mass is 10.0. The van der Waals surface area contributed by atoms with Gasteiger partial charge in [-0.25, -0.2) is 9.97 Å². The zero-order chi connectivity index (χ0) is 26.6. The minimum absolute atomic E-state index is 0.537. The molecule has 0 fully saturated rings. The Morgan fingerprint density at radius 1 is 1.03 bits per heavy atom. The van der Waals surface area contributed by atoms with Crippen molar-refractivity contribution in [1.82, 2.24) is 34.7 Å². The number of nitrogens with zero attached hydrogens (tertiary/aromatic N) is 7. The number of anilines is 1. The fourth-order valence-electron chi connectivity index (χ4n) is 4.65. The molecule has 0 aliphatic heterocycles. The quantitative estimate of drug-likeness (QED) is 0.270. The van der Waals surface area contributed by atoms with Crippen LogP contribution in [-0.2, 0) is 13.5 Å². The van der Waals surface area contributed by atoms with Gasteiger partial charge in [-0.1, -0.05) is 19.4 Å². The van der Waals surface area contributed by atoms with Gasteiger partial charge in [-0.15, -0.1) is 0 Å². The van der Waals surface area contributed by atoms with E-state index < -0.39 is 0 Å². The van der Waals surface area contributed by atoms with E-state index in [4.69, 9.17) is 14.7 Å². The van der Waals surface area contributed by atoms with Gasteiger partial charge in [0.15, 0.2) is 0 Å². The van der Waals surface area contributed by atoms with Crippen molar-refractivity contribution in [3.8, 4) is 28.3 Å². The molecule has 5 rings (SSSR count). The monoisotopic (exact) mass is 510 g/mol. The van der Waals surface area contributed by atoms with Gasteiger partial charge in [0.1, 0.15) is 5.65 Å². The maximum atomic E-state index is 5.66. The minimum Gasteiger partial charge on any atom is -0.480 e. The summed E-state index contributed by atoms with van der Waals surface area (Å²) in [7, 11) is 3.56. The first-order chi connectivity index (χ1) is 18.5. The average Bonchev–Trinajstić information content (AvgIpc) is 3.55. The van der Waals surface area contributed by atoms with Crippen LogP contribution in [0.25, 0.3) is 33.4 Å². The first-order valence-electron chi connectivity index (χ1n) is 13.1. The highest BCUT2D eigenvalue weighted by Gasteiger charge is 2.16. The molecule has 0 aromatic carbocycles. The molecular weight excluding hydrogens is 476 g/mol. The number of fused-ring (bicyclic) bond motifs is 1. The van der Waals surface area contributed by atoms with Crippen LogP contribution in [0.2, 0.25) is 0 Å². The standard InChI is InChI=1S/C29H34N8O/c1-6-8-11-37(7-2)29-32-17-25(28(35-29)38-5)26-10-9-20(19(3)34-26)12-22-15-31-27-24(22)13-21(14-30-27)23-16-33-36(4)18-23/h9-10,13-18H,6-8,11-12H2,1-5H3,(H,30,31). The number of hydrogen-bond donors (Lipinski definition) is 1. The van der Waals surface area contributed by atoms with Crippen molar-refractivity contribution >= 4 is 17.0 Å². The third-order valence-corrected chi connectivity index (χ3v) is 6.89. The smallest absolute Gasteiger partial charge is 0.228 e. The molecule has 0 unspecified atom stereocenters. The van der Waals surface area contributed by atoms with Crippen LogP contribution in [0.1, 0.15) is 43.5 Å². The topological polar surface area (TPSA) is 97.6 Å². The number of ether oxygens (including phenoxy) is 1. The number of aromatic amines is 1. The highest BCUT2D eigenvalue weighted by Crippen LogP contribution is 2.30. The Kier molecular flexibility index (Phi) is 7.35. The molecule has 0 spiro atoms. The molecule has 0 atom stereocenters. The molecule has 1 N–H and O–H groups in total. The van der Waals surface area contributed by atoms with E-state index in [1.54, 1.807) is 11.8 Å². The number of H-pyrrole nitrogens is 1. The first-order valence-corrected chi connectivity index (χ1v) is 13.1. The van der Waals surface area contributed by atoms with Crippen LogP contribution in [0.5, 0.6) is 5.88 Å². The van der Waals surface area contributed by atoms with Gasteiger partial charge in [0, 0.05) is 73.6 Å². The summed E-state index contributed by atoms with van der Waals surface area (Å²) in [6.07, 6.45) is 12.6. The molecule has 9 heteroatoms. The van der Waals surface area contributed by atoms with Crippen LogP contribution in [0.3, 0.4) is 0 Å². The summed E-state index contributed by atoms with van der Waals surface area (Å²) in [5, 5.41) is 5.39. The molecule has 0 amide bonds. The molecule has 0 saturated carbocycles. The molecule has 196 valence electrons. The van der Waals surface area contributed by atoms with Crippen molar-refractivity contribution in [2.45, 2.75) is 40.0 Å². The van der Waals surface area contributed by atoms with Gasteiger partial charge in [-0.3, -0.25) is 9.67 Å². The number of methoxy groups -OCH3 is 1. The lowest BCUT2D eigenvalue weighted by molar-refractivity contribution is 0.398.